The van der Waals surface area contributed by atoms with E-state index in [1.807, 2.05) is 0 Å². The number of halogens is 2. The smallest absolute Gasteiger partial charge is 0.257 e. The van der Waals surface area contributed by atoms with Gasteiger partial charge in [-0.2, -0.15) is 0 Å². The Morgan fingerprint density at radius 2 is 1.95 bits per heavy atom. The number of hydrogen-bond donors (Lipinski definition) is 2. The Labute approximate surface area is 109 Å². The third kappa shape index (κ3) is 2.70. The van der Waals surface area contributed by atoms with Gasteiger partial charge in [0.05, 0.1) is 11.3 Å². The summed E-state index contributed by atoms with van der Waals surface area (Å²) in [7, 11) is 0. The molecule has 98 valence electrons. The zero-order valence-corrected chi connectivity index (χ0v) is 10.2. The number of rotatable bonds is 2. The van der Waals surface area contributed by atoms with Crippen molar-refractivity contribution in [1.29, 1.82) is 0 Å². The van der Waals surface area contributed by atoms with Crippen LogP contribution in [0.2, 0.25) is 0 Å². The Balaban J connectivity index is 2.31. The van der Waals surface area contributed by atoms with Crippen LogP contribution in [0.5, 0.6) is 0 Å². The SMILES string of the molecule is Cc1ccc(N)c(C(=O)Nc2cccc(F)c2F)c1. The molecule has 3 nitrogen and oxygen atoms in total. The summed E-state index contributed by atoms with van der Waals surface area (Å²) in [5.41, 5.74) is 6.82. The Morgan fingerprint density at radius 3 is 2.68 bits per heavy atom. The van der Waals surface area contributed by atoms with Gasteiger partial charge >= 0.3 is 0 Å². The molecule has 1 amide bonds. The molecule has 0 heterocycles. The summed E-state index contributed by atoms with van der Waals surface area (Å²) >= 11 is 0. The van der Waals surface area contributed by atoms with Gasteiger partial charge in [-0.3, -0.25) is 4.79 Å². The van der Waals surface area contributed by atoms with Gasteiger partial charge in [-0.1, -0.05) is 17.7 Å². The third-order valence-corrected chi connectivity index (χ3v) is 2.65. The van der Waals surface area contributed by atoms with E-state index < -0.39 is 17.5 Å². The zero-order valence-electron chi connectivity index (χ0n) is 10.2. The fourth-order valence-corrected chi connectivity index (χ4v) is 1.66. The molecular formula is C14H12F2N2O. The topological polar surface area (TPSA) is 55.1 Å². The van der Waals surface area contributed by atoms with E-state index in [0.717, 1.165) is 11.6 Å². The first-order chi connectivity index (χ1) is 8.99. The molecule has 0 spiro atoms. The molecule has 0 unspecified atom stereocenters. The van der Waals surface area contributed by atoms with Crippen molar-refractivity contribution in [3.05, 3.63) is 59.2 Å². The van der Waals surface area contributed by atoms with Crippen molar-refractivity contribution in [2.45, 2.75) is 6.92 Å². The lowest BCUT2D eigenvalue weighted by molar-refractivity contribution is 0.102. The molecule has 0 fully saturated rings. The van der Waals surface area contributed by atoms with Crippen LogP contribution in [0.15, 0.2) is 36.4 Å². The average molecular weight is 262 g/mol. The van der Waals surface area contributed by atoms with Gasteiger partial charge in [-0.25, -0.2) is 8.78 Å². The maximum atomic E-state index is 13.4. The lowest BCUT2D eigenvalue weighted by atomic mass is 10.1. The first-order valence-corrected chi connectivity index (χ1v) is 5.60. The number of carbonyl (C=O) groups is 1. The van der Waals surface area contributed by atoms with Gasteiger partial charge in [0.15, 0.2) is 11.6 Å². The van der Waals surface area contributed by atoms with E-state index in [-0.39, 0.29) is 16.9 Å². The number of carbonyl (C=O) groups excluding carboxylic acids is 1. The minimum absolute atomic E-state index is 0.217. The summed E-state index contributed by atoms with van der Waals surface area (Å²) in [6, 6.07) is 8.50. The van der Waals surface area contributed by atoms with E-state index in [0.29, 0.717) is 0 Å². The number of nitrogen functional groups attached to an aromatic ring is 1. The predicted octanol–water partition coefficient (Wildman–Crippen LogP) is 3.11. The van der Waals surface area contributed by atoms with Crippen LogP contribution >= 0.6 is 0 Å². The molecule has 19 heavy (non-hydrogen) atoms. The largest absolute Gasteiger partial charge is 0.398 e. The third-order valence-electron chi connectivity index (χ3n) is 2.65. The van der Waals surface area contributed by atoms with E-state index in [4.69, 9.17) is 5.73 Å². The van der Waals surface area contributed by atoms with E-state index in [1.54, 1.807) is 25.1 Å². The average Bonchev–Trinajstić information content (AvgIpc) is 2.38. The van der Waals surface area contributed by atoms with Gasteiger partial charge in [-0.05, 0) is 31.2 Å². The van der Waals surface area contributed by atoms with Gasteiger partial charge < -0.3 is 11.1 Å². The number of nitrogens with two attached hydrogens (primary N) is 1. The molecule has 0 atom stereocenters. The summed E-state index contributed by atoms with van der Waals surface area (Å²) in [6.07, 6.45) is 0. The van der Waals surface area contributed by atoms with Crippen LogP contribution in [0, 0.1) is 18.6 Å². The molecule has 2 aromatic rings. The van der Waals surface area contributed by atoms with E-state index in [2.05, 4.69) is 5.32 Å². The maximum absolute atomic E-state index is 13.4. The van der Waals surface area contributed by atoms with Crippen molar-refractivity contribution in [3.63, 3.8) is 0 Å². The van der Waals surface area contributed by atoms with E-state index >= 15 is 0 Å². The molecule has 2 rings (SSSR count). The lowest BCUT2D eigenvalue weighted by Crippen LogP contribution is -2.15. The normalized spacial score (nSPS) is 10.3. The van der Waals surface area contributed by atoms with Crippen LogP contribution < -0.4 is 11.1 Å². The number of benzene rings is 2. The zero-order chi connectivity index (χ0) is 14.0. The fourth-order valence-electron chi connectivity index (χ4n) is 1.66. The van der Waals surface area contributed by atoms with Crippen molar-refractivity contribution >= 4 is 17.3 Å². The van der Waals surface area contributed by atoms with Gasteiger partial charge in [0.25, 0.3) is 5.91 Å². The molecule has 0 bridgehead atoms. The summed E-state index contributed by atoms with van der Waals surface area (Å²) in [6.45, 7) is 1.80. The molecule has 0 saturated heterocycles. The van der Waals surface area contributed by atoms with E-state index in [1.165, 1.54) is 12.1 Å². The van der Waals surface area contributed by atoms with Crippen LogP contribution in [0.25, 0.3) is 0 Å². The molecule has 0 aromatic heterocycles. The Bertz CT molecular complexity index is 641. The summed E-state index contributed by atoms with van der Waals surface area (Å²) in [5, 5.41) is 2.30. The number of amides is 1. The molecule has 0 saturated carbocycles. The van der Waals surface area contributed by atoms with E-state index in [9.17, 15) is 13.6 Å². The number of hydrogen-bond acceptors (Lipinski definition) is 2. The first-order valence-electron chi connectivity index (χ1n) is 5.60. The molecule has 0 aliphatic rings. The van der Waals surface area contributed by atoms with Crippen LogP contribution in [0.3, 0.4) is 0 Å². The van der Waals surface area contributed by atoms with Crippen molar-refractivity contribution in [2.24, 2.45) is 0 Å². The Morgan fingerprint density at radius 1 is 1.21 bits per heavy atom. The second kappa shape index (κ2) is 5.06. The number of aryl methyl sites for hydroxylation is 1. The molecular weight excluding hydrogens is 250 g/mol. The summed E-state index contributed by atoms with van der Waals surface area (Å²) < 4.78 is 26.5. The molecule has 5 heteroatoms. The van der Waals surface area contributed by atoms with Crippen molar-refractivity contribution < 1.29 is 13.6 Å². The molecule has 2 aromatic carbocycles. The fraction of sp³-hybridized carbons (Fsp3) is 0.0714. The highest BCUT2D eigenvalue weighted by atomic mass is 19.2. The number of nitrogens with one attached hydrogen (secondary N) is 1. The summed E-state index contributed by atoms with van der Waals surface area (Å²) in [5.74, 6) is -2.69. The number of anilines is 2. The van der Waals surface area contributed by atoms with Gasteiger partial charge in [0, 0.05) is 5.69 Å². The summed E-state index contributed by atoms with van der Waals surface area (Å²) in [4.78, 5) is 12.0. The Kier molecular flexibility index (Phi) is 3.46. The highest BCUT2D eigenvalue weighted by molar-refractivity contribution is 6.07. The van der Waals surface area contributed by atoms with Crippen molar-refractivity contribution in [2.75, 3.05) is 11.1 Å². The predicted molar refractivity (Wildman–Crippen MR) is 69.9 cm³/mol. The lowest BCUT2D eigenvalue weighted by Gasteiger charge is -2.09. The quantitative estimate of drug-likeness (QED) is 0.817. The monoisotopic (exact) mass is 262 g/mol. The minimum Gasteiger partial charge on any atom is -0.398 e. The molecule has 0 aliphatic heterocycles. The van der Waals surface area contributed by atoms with Crippen LogP contribution in [0.4, 0.5) is 20.2 Å². The van der Waals surface area contributed by atoms with Gasteiger partial charge in [0.2, 0.25) is 0 Å². The van der Waals surface area contributed by atoms with Gasteiger partial charge in [0.1, 0.15) is 0 Å². The molecule has 0 radical (unpaired) electrons. The van der Waals surface area contributed by atoms with Crippen molar-refractivity contribution in [3.8, 4) is 0 Å². The maximum Gasteiger partial charge on any atom is 0.257 e. The minimum atomic E-state index is -1.10. The molecule has 3 N–H and O–H groups in total. The first kappa shape index (κ1) is 13.0. The van der Waals surface area contributed by atoms with Crippen LogP contribution in [-0.4, -0.2) is 5.91 Å². The Hall–Kier alpha value is -2.43. The highest BCUT2D eigenvalue weighted by Crippen LogP contribution is 2.20. The second-order valence-corrected chi connectivity index (χ2v) is 4.15. The second-order valence-electron chi connectivity index (χ2n) is 4.15. The van der Waals surface area contributed by atoms with Gasteiger partial charge in [-0.15, -0.1) is 0 Å². The highest BCUT2D eigenvalue weighted by Gasteiger charge is 2.14. The van der Waals surface area contributed by atoms with Crippen LogP contribution in [0.1, 0.15) is 15.9 Å². The molecule has 0 aliphatic carbocycles. The van der Waals surface area contributed by atoms with Crippen LogP contribution in [-0.2, 0) is 0 Å². The standard InChI is InChI=1S/C14H12F2N2O/c1-8-5-6-11(17)9(7-8)14(19)18-12-4-2-3-10(15)13(12)16/h2-7H,17H2,1H3,(H,18,19). The van der Waals surface area contributed by atoms with Crippen molar-refractivity contribution in [1.82, 2.24) is 0 Å².